The topological polar surface area (TPSA) is 62.7 Å². The number of allylic oxidation sites excluding steroid dienone is 2. The number of esters is 1. The first-order chi connectivity index (χ1) is 13.2. The number of nitrogens with zero attached hydrogens (tertiary/aromatic N) is 1. The number of hydrogen-bond donors (Lipinski definition) is 2. The van der Waals surface area contributed by atoms with Crippen molar-refractivity contribution in [2.75, 3.05) is 11.9 Å². The largest absolute Gasteiger partial charge is 0.463 e. The Labute approximate surface area is 158 Å². The predicted molar refractivity (Wildman–Crippen MR) is 107 cm³/mol. The Kier molecular flexibility index (Phi) is 4.50. The van der Waals surface area contributed by atoms with E-state index in [1.54, 1.807) is 0 Å². The number of anilines is 1. The van der Waals surface area contributed by atoms with E-state index in [1.165, 1.54) is 0 Å². The molecule has 2 aromatic rings. The van der Waals surface area contributed by atoms with Crippen molar-refractivity contribution < 1.29 is 9.53 Å². The number of rotatable bonds is 3. The molecule has 0 spiro atoms. The van der Waals surface area contributed by atoms with Gasteiger partial charge in [-0.05, 0) is 31.5 Å². The van der Waals surface area contributed by atoms with Crippen LogP contribution in [0.2, 0.25) is 0 Å². The Morgan fingerprint density at radius 3 is 2.59 bits per heavy atom. The quantitative estimate of drug-likeness (QED) is 0.804. The monoisotopic (exact) mass is 359 g/mol. The second-order valence-electron chi connectivity index (χ2n) is 6.46. The number of nitrogens with one attached hydrogen (secondary N) is 2. The first-order valence-electron chi connectivity index (χ1n) is 9.03. The molecule has 0 fully saturated rings. The smallest absolute Gasteiger partial charge is 0.336 e. The van der Waals surface area contributed by atoms with Crippen molar-refractivity contribution in [1.29, 1.82) is 0 Å². The van der Waals surface area contributed by atoms with Crippen molar-refractivity contribution in [3.63, 3.8) is 0 Å². The Morgan fingerprint density at radius 1 is 1.07 bits per heavy atom. The van der Waals surface area contributed by atoms with Crippen molar-refractivity contribution in [1.82, 2.24) is 5.32 Å². The van der Waals surface area contributed by atoms with Crippen molar-refractivity contribution in [3.8, 4) is 0 Å². The van der Waals surface area contributed by atoms with E-state index in [0.29, 0.717) is 12.2 Å². The van der Waals surface area contributed by atoms with E-state index in [1.807, 2.05) is 74.7 Å². The molecule has 136 valence electrons. The van der Waals surface area contributed by atoms with Gasteiger partial charge in [0.25, 0.3) is 0 Å². The van der Waals surface area contributed by atoms with Gasteiger partial charge in [0.1, 0.15) is 5.82 Å². The Bertz CT molecular complexity index is 974. The highest BCUT2D eigenvalue weighted by Gasteiger charge is 2.35. The highest BCUT2D eigenvalue weighted by atomic mass is 16.5. The average molecular weight is 359 g/mol. The van der Waals surface area contributed by atoms with Gasteiger partial charge in [-0.2, -0.15) is 0 Å². The maximum Gasteiger partial charge on any atom is 0.336 e. The summed E-state index contributed by atoms with van der Waals surface area (Å²) in [5.74, 6) is 0.272. The van der Waals surface area contributed by atoms with Gasteiger partial charge >= 0.3 is 5.97 Å². The maximum atomic E-state index is 12.8. The third-order valence-corrected chi connectivity index (χ3v) is 4.74. The van der Waals surface area contributed by atoms with Crippen LogP contribution in [0.15, 0.2) is 82.3 Å². The van der Waals surface area contributed by atoms with Crippen molar-refractivity contribution in [3.05, 3.63) is 82.8 Å². The molecule has 0 aliphatic carbocycles. The van der Waals surface area contributed by atoms with Gasteiger partial charge in [0.15, 0.2) is 0 Å². The summed E-state index contributed by atoms with van der Waals surface area (Å²) < 4.78 is 5.35. The second kappa shape index (κ2) is 7.11. The summed E-state index contributed by atoms with van der Waals surface area (Å²) >= 11 is 0. The number of aliphatic imine (C=N–C) groups is 1. The van der Waals surface area contributed by atoms with E-state index in [0.717, 1.165) is 34.0 Å². The molecule has 2 heterocycles. The molecule has 27 heavy (non-hydrogen) atoms. The van der Waals surface area contributed by atoms with Crippen LogP contribution in [-0.4, -0.2) is 18.8 Å². The number of carbonyl (C=O) groups is 1. The zero-order valence-corrected chi connectivity index (χ0v) is 15.3. The minimum atomic E-state index is -0.307. The summed E-state index contributed by atoms with van der Waals surface area (Å²) in [5, 5.41) is 6.78. The van der Waals surface area contributed by atoms with Gasteiger partial charge in [0.05, 0.1) is 23.6 Å². The highest BCUT2D eigenvalue weighted by Crippen LogP contribution is 2.40. The summed E-state index contributed by atoms with van der Waals surface area (Å²) in [6.45, 7) is 4.06. The molecule has 0 amide bonds. The molecular formula is C22H21N3O2. The van der Waals surface area contributed by atoms with E-state index in [4.69, 9.17) is 4.74 Å². The fourth-order valence-electron chi connectivity index (χ4n) is 3.52. The van der Waals surface area contributed by atoms with Gasteiger partial charge in [-0.3, -0.25) is 4.99 Å². The molecular weight excluding hydrogens is 338 g/mol. The number of fused-ring (bicyclic) bond motifs is 1. The van der Waals surface area contributed by atoms with Crippen LogP contribution in [-0.2, 0) is 9.53 Å². The van der Waals surface area contributed by atoms with Gasteiger partial charge in [-0.15, -0.1) is 0 Å². The Hall–Kier alpha value is -3.34. The minimum absolute atomic E-state index is 0.257. The summed E-state index contributed by atoms with van der Waals surface area (Å²) in [5.41, 5.74) is 5.10. The Balaban J connectivity index is 1.86. The summed E-state index contributed by atoms with van der Waals surface area (Å²) in [7, 11) is 0. The van der Waals surface area contributed by atoms with Crippen molar-refractivity contribution in [2.24, 2.45) is 4.99 Å². The molecule has 0 aromatic heterocycles. The van der Waals surface area contributed by atoms with Crippen LogP contribution in [0.25, 0.3) is 0 Å². The lowest BCUT2D eigenvalue weighted by atomic mass is 9.82. The molecule has 1 atom stereocenters. The molecule has 4 rings (SSSR count). The molecule has 2 aliphatic heterocycles. The molecule has 2 aromatic carbocycles. The van der Waals surface area contributed by atoms with Crippen LogP contribution >= 0.6 is 0 Å². The molecule has 2 aliphatic rings. The molecule has 0 radical (unpaired) electrons. The molecule has 0 saturated carbocycles. The Morgan fingerprint density at radius 2 is 1.81 bits per heavy atom. The lowest BCUT2D eigenvalue weighted by Gasteiger charge is -2.30. The molecule has 2 N–H and O–H groups in total. The fraction of sp³-hybridized carbons (Fsp3) is 0.182. The first kappa shape index (κ1) is 17.1. The number of dihydropyridines is 1. The first-order valence-corrected chi connectivity index (χ1v) is 9.03. The van der Waals surface area contributed by atoms with Crippen molar-refractivity contribution >= 4 is 23.6 Å². The van der Waals surface area contributed by atoms with E-state index in [9.17, 15) is 4.79 Å². The lowest BCUT2D eigenvalue weighted by Crippen LogP contribution is -2.32. The second-order valence-corrected chi connectivity index (χ2v) is 6.46. The van der Waals surface area contributed by atoms with Crippen LogP contribution in [0.4, 0.5) is 11.4 Å². The minimum Gasteiger partial charge on any atom is -0.463 e. The SMILES string of the molecule is CCOC(=O)C1=C(C)NC2=C(C=Nc3ccccc3N2)C1c1ccccc1. The normalized spacial score (nSPS) is 18.1. The molecule has 0 saturated heterocycles. The van der Waals surface area contributed by atoms with Crippen LogP contribution < -0.4 is 10.6 Å². The third-order valence-electron chi connectivity index (χ3n) is 4.74. The van der Waals surface area contributed by atoms with Crippen LogP contribution in [0.3, 0.4) is 0 Å². The summed E-state index contributed by atoms with van der Waals surface area (Å²) in [6.07, 6.45) is 1.84. The van der Waals surface area contributed by atoms with Gasteiger partial charge in [0, 0.05) is 23.4 Å². The van der Waals surface area contributed by atoms with Gasteiger partial charge in [-0.25, -0.2) is 4.79 Å². The zero-order valence-electron chi connectivity index (χ0n) is 15.3. The zero-order chi connectivity index (χ0) is 18.8. The number of carbonyl (C=O) groups excluding carboxylic acids is 1. The average Bonchev–Trinajstić information content (AvgIpc) is 2.86. The van der Waals surface area contributed by atoms with Gasteiger partial charge < -0.3 is 15.4 Å². The molecule has 1 unspecified atom stereocenters. The maximum absolute atomic E-state index is 12.8. The van der Waals surface area contributed by atoms with E-state index < -0.39 is 0 Å². The number of hydrogen-bond acceptors (Lipinski definition) is 5. The fourth-order valence-corrected chi connectivity index (χ4v) is 3.52. The lowest BCUT2D eigenvalue weighted by molar-refractivity contribution is -0.138. The molecule has 0 bridgehead atoms. The van der Waals surface area contributed by atoms with E-state index >= 15 is 0 Å². The van der Waals surface area contributed by atoms with Gasteiger partial charge in [-0.1, -0.05) is 42.5 Å². The molecule has 5 heteroatoms. The number of para-hydroxylation sites is 2. The van der Waals surface area contributed by atoms with E-state index in [2.05, 4.69) is 15.6 Å². The summed E-state index contributed by atoms with van der Waals surface area (Å²) in [4.78, 5) is 17.4. The standard InChI is InChI=1S/C22H21N3O2/c1-3-27-22(26)19-14(2)24-21-16(20(19)15-9-5-4-6-10-15)13-23-17-11-7-8-12-18(17)25-21/h4-13,20,24-25H,3H2,1-2H3. The van der Waals surface area contributed by atoms with E-state index in [-0.39, 0.29) is 11.9 Å². The third kappa shape index (κ3) is 3.12. The van der Waals surface area contributed by atoms with Crippen molar-refractivity contribution in [2.45, 2.75) is 19.8 Å². The number of ether oxygens (including phenoxy) is 1. The highest BCUT2D eigenvalue weighted by molar-refractivity contribution is 5.98. The summed E-state index contributed by atoms with van der Waals surface area (Å²) in [6, 6.07) is 17.9. The van der Waals surface area contributed by atoms with Crippen LogP contribution in [0.5, 0.6) is 0 Å². The number of benzene rings is 2. The van der Waals surface area contributed by atoms with Crippen LogP contribution in [0, 0.1) is 0 Å². The predicted octanol–water partition coefficient (Wildman–Crippen LogP) is 4.25. The molecule has 5 nitrogen and oxygen atoms in total. The van der Waals surface area contributed by atoms with Gasteiger partial charge in [0.2, 0.25) is 0 Å². The van der Waals surface area contributed by atoms with Crippen LogP contribution in [0.1, 0.15) is 25.3 Å².